The highest BCUT2D eigenvalue weighted by molar-refractivity contribution is 6.39. The van der Waals surface area contributed by atoms with E-state index in [9.17, 15) is 5.11 Å². The molecule has 0 radical (unpaired) electrons. The number of aliphatic hydroxyl groups is 1. The maximum atomic E-state index is 9.98. The van der Waals surface area contributed by atoms with Crippen LogP contribution in [0.15, 0.2) is 20.0 Å². The minimum absolute atomic E-state index is 0.398. The molecule has 0 fully saturated rings. The lowest BCUT2D eigenvalue weighted by atomic mass is 10.1. The van der Waals surface area contributed by atoms with Crippen LogP contribution in [0.5, 0.6) is 0 Å². The molecule has 0 saturated carbocycles. The number of hydrogen-bond donors (Lipinski definition) is 2. The van der Waals surface area contributed by atoms with Gasteiger partial charge in [0.15, 0.2) is 0 Å². The molecule has 2 rings (SSSR count). The van der Waals surface area contributed by atoms with Gasteiger partial charge in [0.1, 0.15) is 12.1 Å². The second-order valence-electron chi connectivity index (χ2n) is 4.20. The lowest BCUT2D eigenvalue weighted by molar-refractivity contribution is 0.111. The summed E-state index contributed by atoms with van der Waals surface area (Å²) in [4.78, 5) is 16.0. The van der Waals surface area contributed by atoms with E-state index in [1.54, 1.807) is 0 Å². The van der Waals surface area contributed by atoms with Gasteiger partial charge in [-0.15, -0.1) is 0 Å². The van der Waals surface area contributed by atoms with E-state index in [0.29, 0.717) is 24.1 Å². The normalized spacial score (nSPS) is 29.5. The standard InChI is InChI=1S/C10H15N5O/c1-7(2)3-4-11-9-12-5-8-10(16,15-9)14-6-13-8/h5-7,16H,3-4H2,1-2H3,(H,11,15). The number of guanidine groups is 1. The van der Waals surface area contributed by atoms with E-state index in [-0.39, 0.29) is 0 Å². The van der Waals surface area contributed by atoms with Gasteiger partial charge in [-0.2, -0.15) is 0 Å². The Labute approximate surface area is 93.9 Å². The summed E-state index contributed by atoms with van der Waals surface area (Å²) in [6, 6.07) is 0. The molecule has 6 heteroatoms. The molecule has 0 amide bonds. The average molecular weight is 221 g/mol. The zero-order valence-corrected chi connectivity index (χ0v) is 9.38. The monoisotopic (exact) mass is 221 g/mol. The van der Waals surface area contributed by atoms with E-state index in [4.69, 9.17) is 0 Å². The third-order valence-corrected chi connectivity index (χ3v) is 2.36. The van der Waals surface area contributed by atoms with Crippen LogP contribution in [0.1, 0.15) is 20.3 Å². The van der Waals surface area contributed by atoms with Gasteiger partial charge >= 0.3 is 0 Å². The molecule has 2 heterocycles. The summed E-state index contributed by atoms with van der Waals surface area (Å²) in [6.45, 7) is 4.96. The summed E-state index contributed by atoms with van der Waals surface area (Å²) < 4.78 is 0. The predicted molar refractivity (Wildman–Crippen MR) is 64.3 cm³/mol. The number of fused-ring (bicyclic) bond motifs is 1. The van der Waals surface area contributed by atoms with Crippen LogP contribution in [0.2, 0.25) is 0 Å². The lowest BCUT2D eigenvalue weighted by Gasteiger charge is -2.24. The molecule has 0 bridgehead atoms. The van der Waals surface area contributed by atoms with E-state index in [1.165, 1.54) is 12.6 Å². The Hall–Kier alpha value is -1.56. The van der Waals surface area contributed by atoms with E-state index in [0.717, 1.165) is 6.42 Å². The highest BCUT2D eigenvalue weighted by Crippen LogP contribution is 2.13. The fourth-order valence-corrected chi connectivity index (χ4v) is 1.37. The molecule has 86 valence electrons. The van der Waals surface area contributed by atoms with Crippen molar-refractivity contribution in [1.29, 1.82) is 0 Å². The minimum atomic E-state index is -1.46. The van der Waals surface area contributed by atoms with Crippen LogP contribution in [-0.4, -0.2) is 41.7 Å². The lowest BCUT2D eigenvalue weighted by Crippen LogP contribution is -2.54. The van der Waals surface area contributed by atoms with Crippen molar-refractivity contribution in [3.05, 3.63) is 0 Å². The van der Waals surface area contributed by atoms with Crippen LogP contribution in [0.4, 0.5) is 0 Å². The second kappa shape index (κ2) is 4.13. The molecule has 0 aliphatic carbocycles. The Morgan fingerprint density at radius 2 is 2.38 bits per heavy atom. The molecule has 2 N–H and O–H groups in total. The molecule has 0 spiro atoms. The van der Waals surface area contributed by atoms with Gasteiger partial charge in [0.05, 0.1) is 6.21 Å². The van der Waals surface area contributed by atoms with Crippen molar-refractivity contribution in [2.75, 3.05) is 6.54 Å². The number of nitrogens with one attached hydrogen (secondary N) is 1. The second-order valence-corrected chi connectivity index (χ2v) is 4.20. The molecule has 16 heavy (non-hydrogen) atoms. The van der Waals surface area contributed by atoms with Crippen molar-refractivity contribution in [3.8, 4) is 0 Å². The third-order valence-electron chi connectivity index (χ3n) is 2.36. The van der Waals surface area contributed by atoms with E-state index >= 15 is 0 Å². The summed E-state index contributed by atoms with van der Waals surface area (Å²) in [5.41, 5.74) is 0.398. The van der Waals surface area contributed by atoms with Crippen molar-refractivity contribution in [2.24, 2.45) is 25.9 Å². The third kappa shape index (κ3) is 2.16. The first-order chi connectivity index (χ1) is 7.60. The quantitative estimate of drug-likeness (QED) is 0.713. The number of hydrogen-bond acceptors (Lipinski definition) is 4. The highest BCUT2D eigenvalue weighted by Gasteiger charge is 2.38. The van der Waals surface area contributed by atoms with Gasteiger partial charge in [0.2, 0.25) is 5.96 Å². The number of rotatable bonds is 3. The summed E-state index contributed by atoms with van der Waals surface area (Å²) >= 11 is 0. The van der Waals surface area contributed by atoms with Crippen molar-refractivity contribution in [1.82, 2.24) is 5.32 Å². The minimum Gasteiger partial charge on any atom is -0.348 e. The maximum Gasteiger partial charge on any atom is 0.285 e. The highest BCUT2D eigenvalue weighted by atomic mass is 16.3. The topological polar surface area (TPSA) is 81.7 Å². The SMILES string of the molecule is CC(C)CCN=C1N=CC2=NC=NC2(O)N1. The van der Waals surface area contributed by atoms with E-state index in [1.807, 2.05) is 0 Å². The predicted octanol–water partition coefficient (Wildman–Crippen LogP) is 0.192. The molecule has 2 aliphatic rings. The van der Waals surface area contributed by atoms with Gasteiger partial charge < -0.3 is 10.4 Å². The first-order valence-corrected chi connectivity index (χ1v) is 5.31. The Bertz CT molecular complexity index is 396. The van der Waals surface area contributed by atoms with Crippen LogP contribution < -0.4 is 5.32 Å². The Morgan fingerprint density at radius 3 is 3.12 bits per heavy atom. The summed E-state index contributed by atoms with van der Waals surface area (Å²) in [6.07, 6.45) is 3.78. The Balaban J connectivity index is 2.03. The molecule has 6 nitrogen and oxygen atoms in total. The van der Waals surface area contributed by atoms with Crippen LogP contribution in [0, 0.1) is 5.92 Å². The molecule has 0 aromatic carbocycles. The molecule has 2 aliphatic heterocycles. The average Bonchev–Trinajstić information content (AvgIpc) is 2.57. The fraction of sp³-hybridized carbons (Fsp3) is 0.600. The van der Waals surface area contributed by atoms with Gasteiger partial charge in [-0.1, -0.05) is 13.8 Å². The molecule has 0 aromatic heterocycles. The van der Waals surface area contributed by atoms with Gasteiger partial charge in [-0.05, 0) is 12.3 Å². The van der Waals surface area contributed by atoms with Crippen LogP contribution >= 0.6 is 0 Å². The Morgan fingerprint density at radius 1 is 1.56 bits per heavy atom. The van der Waals surface area contributed by atoms with Crippen molar-refractivity contribution >= 4 is 24.2 Å². The fourth-order valence-electron chi connectivity index (χ4n) is 1.37. The summed E-state index contributed by atoms with van der Waals surface area (Å²) in [5, 5.41) is 12.7. The smallest absolute Gasteiger partial charge is 0.285 e. The van der Waals surface area contributed by atoms with Gasteiger partial charge in [0, 0.05) is 6.54 Å². The molecule has 1 unspecified atom stereocenters. The first kappa shape index (κ1) is 10.9. The maximum absolute atomic E-state index is 9.98. The van der Waals surface area contributed by atoms with Gasteiger partial charge in [-0.3, -0.25) is 4.99 Å². The summed E-state index contributed by atoms with van der Waals surface area (Å²) in [5.74, 6) is -0.457. The molecule has 1 atom stereocenters. The molecular weight excluding hydrogens is 206 g/mol. The largest absolute Gasteiger partial charge is 0.348 e. The van der Waals surface area contributed by atoms with Crippen LogP contribution in [-0.2, 0) is 0 Å². The van der Waals surface area contributed by atoms with Gasteiger partial charge in [-0.25, -0.2) is 15.0 Å². The molecule has 0 aromatic rings. The van der Waals surface area contributed by atoms with Crippen LogP contribution in [0.25, 0.3) is 0 Å². The zero-order valence-electron chi connectivity index (χ0n) is 9.38. The van der Waals surface area contributed by atoms with Gasteiger partial charge in [0.25, 0.3) is 5.85 Å². The molecular formula is C10H15N5O. The van der Waals surface area contributed by atoms with Crippen molar-refractivity contribution in [2.45, 2.75) is 26.1 Å². The van der Waals surface area contributed by atoms with Crippen LogP contribution in [0.3, 0.4) is 0 Å². The molecule has 0 saturated heterocycles. The van der Waals surface area contributed by atoms with Crippen molar-refractivity contribution in [3.63, 3.8) is 0 Å². The van der Waals surface area contributed by atoms with E-state index < -0.39 is 5.85 Å². The Kier molecular flexibility index (Phi) is 2.82. The zero-order chi connectivity index (χ0) is 11.6. The van der Waals surface area contributed by atoms with E-state index in [2.05, 4.69) is 39.1 Å². The number of aliphatic imine (C=N–C) groups is 4. The van der Waals surface area contributed by atoms with Crippen molar-refractivity contribution < 1.29 is 5.11 Å². The summed E-state index contributed by atoms with van der Waals surface area (Å²) in [7, 11) is 0. The first-order valence-electron chi connectivity index (χ1n) is 5.31. The number of nitrogens with zero attached hydrogens (tertiary/aromatic N) is 4.